The van der Waals surface area contributed by atoms with Gasteiger partial charge in [0.15, 0.2) is 17.4 Å². The summed E-state index contributed by atoms with van der Waals surface area (Å²) >= 11 is 0. The van der Waals surface area contributed by atoms with E-state index in [-0.39, 0.29) is 5.75 Å². The number of nitrogens with one attached hydrogen (secondary N) is 1. The molecular formula is C26H24FN5O2. The highest BCUT2D eigenvalue weighted by Gasteiger charge is 2.17. The van der Waals surface area contributed by atoms with Crippen LogP contribution in [0.5, 0.6) is 11.5 Å². The zero-order valence-electron chi connectivity index (χ0n) is 18.7. The van der Waals surface area contributed by atoms with Gasteiger partial charge in [-0.05, 0) is 54.7 Å². The van der Waals surface area contributed by atoms with Gasteiger partial charge in [-0.15, -0.1) is 0 Å². The molecule has 3 heterocycles. The van der Waals surface area contributed by atoms with Gasteiger partial charge >= 0.3 is 0 Å². The fourth-order valence-corrected chi connectivity index (χ4v) is 3.90. The Morgan fingerprint density at radius 2 is 1.91 bits per heavy atom. The number of aromatic amines is 1. The van der Waals surface area contributed by atoms with Gasteiger partial charge in [-0.1, -0.05) is 41.6 Å². The first-order chi connectivity index (χ1) is 16.6. The van der Waals surface area contributed by atoms with Crippen molar-refractivity contribution in [2.45, 2.75) is 32.2 Å². The number of pyridine rings is 1. The monoisotopic (exact) mass is 457 g/mol. The number of aromatic nitrogens is 4. The molecule has 3 aromatic heterocycles. The SMILES string of the molecule is Cc1c[nH]c2nccc(Oc3ccc(CC(N)c4nc(CCc5ccccc5)no4)cc3F)c12. The van der Waals surface area contributed by atoms with Crippen molar-refractivity contribution in [3.8, 4) is 11.5 Å². The lowest BCUT2D eigenvalue weighted by Crippen LogP contribution is -2.14. The number of halogens is 1. The average molecular weight is 458 g/mol. The van der Waals surface area contributed by atoms with E-state index in [9.17, 15) is 4.39 Å². The summed E-state index contributed by atoms with van der Waals surface area (Å²) in [6, 6.07) is 16.1. The summed E-state index contributed by atoms with van der Waals surface area (Å²) in [4.78, 5) is 11.8. The van der Waals surface area contributed by atoms with E-state index < -0.39 is 11.9 Å². The standard InChI is InChI=1S/C26H24FN5O2/c1-16-15-30-25-24(16)22(11-12-29-25)33-21-9-7-18(13-19(21)27)14-20(28)26-31-23(32-34-26)10-8-17-5-3-2-4-6-17/h2-7,9,11-13,15,20H,8,10,14,28H2,1H3,(H,29,30). The Kier molecular flexibility index (Phi) is 6.05. The molecule has 0 bridgehead atoms. The molecule has 0 aliphatic heterocycles. The van der Waals surface area contributed by atoms with Gasteiger partial charge in [-0.2, -0.15) is 4.98 Å². The van der Waals surface area contributed by atoms with Crippen LogP contribution in [0.4, 0.5) is 4.39 Å². The van der Waals surface area contributed by atoms with Crippen molar-refractivity contribution in [2.24, 2.45) is 5.73 Å². The van der Waals surface area contributed by atoms with Gasteiger partial charge in [-0.25, -0.2) is 9.37 Å². The predicted molar refractivity (Wildman–Crippen MR) is 126 cm³/mol. The van der Waals surface area contributed by atoms with Crippen LogP contribution in [0.25, 0.3) is 11.0 Å². The molecule has 0 amide bonds. The van der Waals surface area contributed by atoms with E-state index in [1.165, 1.54) is 11.6 Å². The van der Waals surface area contributed by atoms with E-state index in [2.05, 4.69) is 32.2 Å². The molecule has 0 radical (unpaired) electrons. The van der Waals surface area contributed by atoms with Crippen molar-refractivity contribution >= 4 is 11.0 Å². The highest BCUT2D eigenvalue weighted by atomic mass is 19.1. The molecule has 1 unspecified atom stereocenters. The fraction of sp³-hybridized carbons (Fsp3) is 0.192. The van der Waals surface area contributed by atoms with Crippen LogP contribution in [0.3, 0.4) is 0 Å². The number of hydrogen-bond donors (Lipinski definition) is 2. The van der Waals surface area contributed by atoms with Crippen molar-refractivity contribution in [2.75, 3.05) is 0 Å². The van der Waals surface area contributed by atoms with Crippen molar-refractivity contribution in [1.29, 1.82) is 0 Å². The second kappa shape index (κ2) is 9.44. The van der Waals surface area contributed by atoms with Gasteiger partial charge in [0.1, 0.15) is 11.4 Å². The van der Waals surface area contributed by atoms with E-state index in [1.54, 1.807) is 24.4 Å². The number of nitrogens with zero attached hydrogens (tertiary/aromatic N) is 3. The number of benzene rings is 2. The number of nitrogens with two attached hydrogens (primary N) is 1. The van der Waals surface area contributed by atoms with Crippen molar-refractivity contribution < 1.29 is 13.7 Å². The van der Waals surface area contributed by atoms with Crippen LogP contribution in [-0.2, 0) is 19.3 Å². The molecule has 0 fully saturated rings. The minimum absolute atomic E-state index is 0.131. The van der Waals surface area contributed by atoms with Crippen LogP contribution in [-0.4, -0.2) is 20.1 Å². The average Bonchev–Trinajstić information content (AvgIpc) is 3.48. The lowest BCUT2D eigenvalue weighted by Gasteiger charge is -2.11. The van der Waals surface area contributed by atoms with Crippen molar-refractivity contribution in [3.63, 3.8) is 0 Å². The lowest BCUT2D eigenvalue weighted by molar-refractivity contribution is 0.350. The summed E-state index contributed by atoms with van der Waals surface area (Å²) in [5.74, 6) is 1.14. The van der Waals surface area contributed by atoms with E-state index in [0.29, 0.717) is 41.5 Å². The minimum Gasteiger partial charge on any atom is -0.453 e. The molecule has 0 saturated carbocycles. The molecule has 5 rings (SSSR count). The Balaban J connectivity index is 1.24. The minimum atomic E-state index is -0.536. The molecule has 172 valence electrons. The second-order valence-electron chi connectivity index (χ2n) is 8.22. The first kappa shape index (κ1) is 21.8. The topological polar surface area (TPSA) is 103 Å². The summed E-state index contributed by atoms with van der Waals surface area (Å²) in [6.07, 6.45) is 5.29. The Morgan fingerprint density at radius 1 is 1.06 bits per heavy atom. The first-order valence-electron chi connectivity index (χ1n) is 11.1. The number of rotatable bonds is 8. The molecule has 1 atom stereocenters. The van der Waals surface area contributed by atoms with E-state index in [4.69, 9.17) is 15.0 Å². The van der Waals surface area contributed by atoms with Gasteiger partial charge in [0.2, 0.25) is 5.89 Å². The smallest absolute Gasteiger partial charge is 0.243 e. The van der Waals surface area contributed by atoms with Crippen molar-refractivity contribution in [1.82, 2.24) is 20.1 Å². The molecule has 5 aromatic rings. The molecule has 8 heteroatoms. The third-order valence-electron chi connectivity index (χ3n) is 5.69. The van der Waals surface area contributed by atoms with E-state index >= 15 is 0 Å². The summed E-state index contributed by atoms with van der Waals surface area (Å²) in [6.45, 7) is 1.94. The van der Waals surface area contributed by atoms with Crippen LogP contribution in [0.2, 0.25) is 0 Å². The Morgan fingerprint density at radius 3 is 2.74 bits per heavy atom. The predicted octanol–water partition coefficient (Wildman–Crippen LogP) is 5.21. The Bertz CT molecular complexity index is 1410. The summed E-state index contributed by atoms with van der Waals surface area (Å²) < 4.78 is 26.1. The molecule has 0 aliphatic rings. The normalized spacial score (nSPS) is 12.2. The maximum atomic E-state index is 14.8. The number of fused-ring (bicyclic) bond motifs is 1. The first-order valence-corrected chi connectivity index (χ1v) is 11.1. The maximum Gasteiger partial charge on any atom is 0.243 e. The van der Waals surface area contributed by atoms with Crippen LogP contribution in [0, 0.1) is 12.7 Å². The summed E-state index contributed by atoms with van der Waals surface area (Å²) in [5, 5.41) is 4.86. The number of ether oxygens (including phenoxy) is 1. The lowest BCUT2D eigenvalue weighted by atomic mass is 10.1. The van der Waals surface area contributed by atoms with E-state index in [0.717, 1.165) is 17.4 Å². The quantitative estimate of drug-likeness (QED) is 0.331. The van der Waals surface area contributed by atoms with Crippen LogP contribution < -0.4 is 10.5 Å². The van der Waals surface area contributed by atoms with Gasteiger partial charge in [0, 0.05) is 18.8 Å². The van der Waals surface area contributed by atoms with Crippen LogP contribution in [0.1, 0.15) is 34.4 Å². The Hall–Kier alpha value is -4.04. The van der Waals surface area contributed by atoms with Gasteiger partial charge in [0.05, 0.1) is 11.4 Å². The largest absolute Gasteiger partial charge is 0.453 e. The fourth-order valence-electron chi connectivity index (χ4n) is 3.90. The number of H-pyrrole nitrogens is 1. The highest BCUT2D eigenvalue weighted by molar-refractivity contribution is 5.86. The number of hydrogen-bond acceptors (Lipinski definition) is 6. The molecule has 0 aliphatic carbocycles. The number of aryl methyl sites for hydroxylation is 3. The second-order valence-corrected chi connectivity index (χ2v) is 8.22. The summed E-state index contributed by atoms with van der Waals surface area (Å²) in [5.41, 5.74) is 9.85. The zero-order chi connectivity index (χ0) is 23.5. The zero-order valence-corrected chi connectivity index (χ0v) is 18.7. The molecule has 0 saturated heterocycles. The highest BCUT2D eigenvalue weighted by Crippen LogP contribution is 2.32. The third kappa shape index (κ3) is 4.67. The van der Waals surface area contributed by atoms with Gasteiger partial charge in [-0.3, -0.25) is 0 Å². The molecule has 2 aromatic carbocycles. The van der Waals surface area contributed by atoms with Crippen LogP contribution in [0.15, 0.2) is 71.5 Å². The molecular weight excluding hydrogens is 433 g/mol. The van der Waals surface area contributed by atoms with Crippen LogP contribution >= 0.6 is 0 Å². The molecule has 3 N–H and O–H groups in total. The third-order valence-corrected chi connectivity index (χ3v) is 5.69. The van der Waals surface area contributed by atoms with E-state index in [1.807, 2.05) is 31.3 Å². The maximum absolute atomic E-state index is 14.8. The van der Waals surface area contributed by atoms with Gasteiger partial charge < -0.3 is 20.0 Å². The molecule has 0 spiro atoms. The van der Waals surface area contributed by atoms with Gasteiger partial charge in [0.25, 0.3) is 0 Å². The van der Waals surface area contributed by atoms with Crippen molar-refractivity contribution in [3.05, 3.63) is 101 Å². The molecule has 7 nitrogen and oxygen atoms in total. The molecule has 34 heavy (non-hydrogen) atoms. The summed E-state index contributed by atoms with van der Waals surface area (Å²) in [7, 11) is 0. The Labute approximate surface area is 195 Å².